The molecular formula is C15H13N3O2S. The zero-order valence-electron chi connectivity index (χ0n) is 11.2. The van der Waals surface area contributed by atoms with Crippen molar-refractivity contribution in [2.45, 2.75) is 13.0 Å². The van der Waals surface area contributed by atoms with E-state index in [1.807, 2.05) is 47.8 Å². The van der Waals surface area contributed by atoms with Crippen molar-refractivity contribution in [3.05, 3.63) is 58.5 Å². The first-order valence-corrected chi connectivity index (χ1v) is 7.36. The molecular weight excluding hydrogens is 286 g/mol. The van der Waals surface area contributed by atoms with Crippen molar-refractivity contribution in [3.8, 4) is 11.5 Å². The highest BCUT2D eigenvalue weighted by Gasteiger charge is 2.10. The van der Waals surface area contributed by atoms with Crippen LogP contribution in [0.2, 0.25) is 0 Å². The number of carbonyl (C=O) groups is 1. The topological polar surface area (TPSA) is 68.0 Å². The van der Waals surface area contributed by atoms with Crippen LogP contribution < -0.4 is 5.32 Å². The number of hydrogen-bond acceptors (Lipinski definition) is 5. The number of nitrogens with zero attached hydrogens (tertiary/aromatic N) is 2. The third kappa shape index (κ3) is 3.55. The second kappa shape index (κ2) is 6.32. The Labute approximate surface area is 125 Å². The molecule has 1 amide bonds. The van der Waals surface area contributed by atoms with E-state index >= 15 is 0 Å². The number of thiophene rings is 1. The predicted molar refractivity (Wildman–Crippen MR) is 79.6 cm³/mol. The quantitative estimate of drug-likeness (QED) is 0.786. The average Bonchev–Trinajstić information content (AvgIpc) is 3.17. The van der Waals surface area contributed by atoms with Crippen LogP contribution in [0.5, 0.6) is 0 Å². The first-order chi connectivity index (χ1) is 10.3. The minimum Gasteiger partial charge on any atom is -0.348 e. The molecule has 0 saturated carbocycles. The van der Waals surface area contributed by atoms with Gasteiger partial charge in [-0.2, -0.15) is 4.98 Å². The molecule has 0 atom stereocenters. The summed E-state index contributed by atoms with van der Waals surface area (Å²) in [6.07, 6.45) is 0.376. The monoisotopic (exact) mass is 299 g/mol. The molecule has 0 unspecified atom stereocenters. The largest absolute Gasteiger partial charge is 0.348 e. The highest BCUT2D eigenvalue weighted by molar-refractivity contribution is 7.10. The van der Waals surface area contributed by atoms with E-state index in [4.69, 9.17) is 4.52 Å². The van der Waals surface area contributed by atoms with Crippen LogP contribution in [0.1, 0.15) is 10.7 Å². The van der Waals surface area contributed by atoms with Crippen molar-refractivity contribution in [2.24, 2.45) is 0 Å². The molecule has 3 aromatic rings. The van der Waals surface area contributed by atoms with Crippen molar-refractivity contribution in [3.63, 3.8) is 0 Å². The molecule has 21 heavy (non-hydrogen) atoms. The Bertz CT molecular complexity index is 708. The summed E-state index contributed by atoms with van der Waals surface area (Å²) in [5.41, 5.74) is 0.862. The summed E-state index contributed by atoms with van der Waals surface area (Å²) >= 11 is 1.56. The zero-order valence-corrected chi connectivity index (χ0v) is 12.0. The summed E-state index contributed by atoms with van der Waals surface area (Å²) in [5.74, 6) is 0.870. The van der Waals surface area contributed by atoms with E-state index in [2.05, 4.69) is 15.5 Å². The second-order valence-electron chi connectivity index (χ2n) is 4.41. The molecule has 1 N–H and O–H groups in total. The van der Waals surface area contributed by atoms with Crippen LogP contribution in [-0.2, 0) is 17.8 Å². The molecule has 0 saturated heterocycles. The van der Waals surface area contributed by atoms with Crippen LogP contribution in [0.15, 0.2) is 52.4 Å². The molecule has 0 bridgehead atoms. The van der Waals surface area contributed by atoms with Gasteiger partial charge in [-0.1, -0.05) is 29.4 Å². The lowest BCUT2D eigenvalue weighted by Gasteiger charge is -2.00. The molecule has 0 spiro atoms. The molecule has 0 aliphatic rings. The summed E-state index contributed by atoms with van der Waals surface area (Å²) in [4.78, 5) is 17.1. The summed E-state index contributed by atoms with van der Waals surface area (Å²) in [5, 5.41) is 8.60. The third-order valence-corrected chi connectivity index (χ3v) is 3.72. The summed E-state index contributed by atoms with van der Waals surface area (Å²) in [7, 11) is 0. The van der Waals surface area contributed by atoms with Crippen LogP contribution in [0.3, 0.4) is 0 Å². The average molecular weight is 299 g/mol. The highest BCUT2D eigenvalue weighted by atomic mass is 32.1. The van der Waals surface area contributed by atoms with E-state index in [1.165, 1.54) is 0 Å². The molecule has 0 aliphatic carbocycles. The van der Waals surface area contributed by atoms with Crippen molar-refractivity contribution >= 4 is 17.2 Å². The lowest BCUT2D eigenvalue weighted by molar-refractivity contribution is -0.120. The molecule has 6 heteroatoms. The molecule has 2 aromatic heterocycles. The molecule has 5 nitrogen and oxygen atoms in total. The van der Waals surface area contributed by atoms with E-state index in [0.717, 1.165) is 10.4 Å². The predicted octanol–water partition coefficient (Wildman–Crippen LogP) is 2.66. The maximum Gasteiger partial charge on any atom is 0.257 e. The zero-order chi connectivity index (χ0) is 14.5. The van der Waals surface area contributed by atoms with Crippen LogP contribution in [0.4, 0.5) is 0 Å². The summed E-state index contributed by atoms with van der Waals surface area (Å²) < 4.78 is 5.18. The van der Waals surface area contributed by atoms with Gasteiger partial charge in [0, 0.05) is 10.4 Å². The van der Waals surface area contributed by atoms with Crippen molar-refractivity contribution < 1.29 is 9.32 Å². The number of nitrogens with one attached hydrogen (secondary N) is 1. The van der Waals surface area contributed by atoms with Crippen LogP contribution in [0.25, 0.3) is 11.5 Å². The van der Waals surface area contributed by atoms with Gasteiger partial charge in [-0.05, 0) is 23.6 Å². The molecule has 0 radical (unpaired) electrons. The molecule has 2 heterocycles. The number of aromatic nitrogens is 2. The second-order valence-corrected chi connectivity index (χ2v) is 5.45. The number of amides is 1. The number of hydrogen-bond donors (Lipinski definition) is 1. The fraction of sp³-hybridized carbons (Fsp3) is 0.133. The van der Waals surface area contributed by atoms with Crippen molar-refractivity contribution in [1.82, 2.24) is 15.5 Å². The Morgan fingerprint density at radius 1 is 1.19 bits per heavy atom. The van der Waals surface area contributed by atoms with E-state index in [-0.39, 0.29) is 12.5 Å². The standard InChI is InChI=1S/C15H13N3O2S/c19-14(9-12-7-4-8-21-12)16-10-13-17-15(20-18-13)11-5-2-1-3-6-11/h1-8H,9-10H2,(H,16,19). The molecule has 3 rings (SSSR count). The Hall–Kier alpha value is -2.47. The maximum absolute atomic E-state index is 11.8. The van der Waals surface area contributed by atoms with E-state index in [9.17, 15) is 4.79 Å². The van der Waals surface area contributed by atoms with Gasteiger partial charge in [-0.25, -0.2) is 0 Å². The van der Waals surface area contributed by atoms with Gasteiger partial charge < -0.3 is 9.84 Å². The van der Waals surface area contributed by atoms with Gasteiger partial charge in [0.25, 0.3) is 5.89 Å². The third-order valence-electron chi connectivity index (χ3n) is 2.85. The molecule has 0 fully saturated rings. The number of rotatable bonds is 5. The normalized spacial score (nSPS) is 10.5. The van der Waals surface area contributed by atoms with Gasteiger partial charge in [0.05, 0.1) is 13.0 Å². The van der Waals surface area contributed by atoms with Crippen LogP contribution in [0, 0.1) is 0 Å². The molecule has 0 aliphatic heterocycles. The fourth-order valence-electron chi connectivity index (χ4n) is 1.84. The van der Waals surface area contributed by atoms with Gasteiger partial charge >= 0.3 is 0 Å². The fourth-order valence-corrected chi connectivity index (χ4v) is 2.54. The van der Waals surface area contributed by atoms with Crippen LogP contribution in [-0.4, -0.2) is 16.0 Å². The molecule has 106 valence electrons. The minimum atomic E-state index is -0.0523. The summed E-state index contributed by atoms with van der Waals surface area (Å²) in [6, 6.07) is 13.4. The summed E-state index contributed by atoms with van der Waals surface area (Å²) in [6.45, 7) is 0.264. The first kappa shape index (κ1) is 13.5. The van der Waals surface area contributed by atoms with Crippen LogP contribution >= 0.6 is 11.3 Å². The van der Waals surface area contributed by atoms with Crippen molar-refractivity contribution in [2.75, 3.05) is 0 Å². The van der Waals surface area contributed by atoms with E-state index in [0.29, 0.717) is 18.1 Å². The Morgan fingerprint density at radius 2 is 2.05 bits per heavy atom. The maximum atomic E-state index is 11.8. The molecule has 1 aromatic carbocycles. The lowest BCUT2D eigenvalue weighted by atomic mass is 10.2. The highest BCUT2D eigenvalue weighted by Crippen LogP contribution is 2.16. The smallest absolute Gasteiger partial charge is 0.257 e. The van der Waals surface area contributed by atoms with Gasteiger partial charge in [0.1, 0.15) is 0 Å². The minimum absolute atomic E-state index is 0.0523. The SMILES string of the molecule is O=C(Cc1cccs1)NCc1noc(-c2ccccc2)n1. The number of carbonyl (C=O) groups excluding carboxylic acids is 1. The van der Waals surface area contributed by atoms with Crippen molar-refractivity contribution in [1.29, 1.82) is 0 Å². The Balaban J connectivity index is 1.56. The van der Waals surface area contributed by atoms with Gasteiger partial charge in [-0.3, -0.25) is 4.79 Å². The van der Waals surface area contributed by atoms with E-state index < -0.39 is 0 Å². The van der Waals surface area contributed by atoms with Gasteiger partial charge in [-0.15, -0.1) is 11.3 Å². The first-order valence-electron chi connectivity index (χ1n) is 6.48. The Morgan fingerprint density at radius 3 is 2.81 bits per heavy atom. The lowest BCUT2D eigenvalue weighted by Crippen LogP contribution is -2.24. The number of benzene rings is 1. The van der Waals surface area contributed by atoms with Gasteiger partial charge in [0.2, 0.25) is 5.91 Å². The van der Waals surface area contributed by atoms with E-state index in [1.54, 1.807) is 11.3 Å². The Kier molecular flexibility index (Phi) is 4.07. The van der Waals surface area contributed by atoms with Gasteiger partial charge in [0.15, 0.2) is 5.82 Å².